The maximum Gasteiger partial charge on any atom is 0.329 e. The third-order valence-corrected chi connectivity index (χ3v) is 14.5. The molecule has 14 heteroatoms. The highest BCUT2D eigenvalue weighted by molar-refractivity contribution is 6.39. The number of amides is 1. The van der Waals surface area contributed by atoms with Crippen LogP contribution in [0.4, 0.5) is 0 Å². The van der Waals surface area contributed by atoms with Gasteiger partial charge < -0.3 is 43.9 Å². The van der Waals surface area contributed by atoms with Crippen LogP contribution < -0.4 is 0 Å². The third kappa shape index (κ3) is 14.3. The topological polar surface area (TPSA) is 195 Å². The van der Waals surface area contributed by atoms with Gasteiger partial charge in [0, 0.05) is 58.5 Å². The first-order valence-corrected chi connectivity index (χ1v) is 23.9. The maximum absolute atomic E-state index is 14.4. The molecule has 0 spiro atoms. The molecule has 366 valence electrons. The first-order chi connectivity index (χ1) is 30.7. The van der Waals surface area contributed by atoms with E-state index in [9.17, 15) is 39.3 Å². The van der Waals surface area contributed by atoms with Crippen molar-refractivity contribution in [1.29, 1.82) is 0 Å². The van der Waals surface area contributed by atoms with Crippen LogP contribution in [0.3, 0.4) is 0 Å². The fourth-order valence-corrected chi connectivity index (χ4v) is 10.1. The maximum atomic E-state index is 14.4. The predicted molar refractivity (Wildman–Crippen MR) is 245 cm³/mol. The Morgan fingerprint density at radius 3 is 2.25 bits per heavy atom. The highest BCUT2D eigenvalue weighted by atomic mass is 16.6. The largest absolute Gasteiger partial charge is 0.460 e. The number of nitrogens with zero attached hydrogens (tertiary/aromatic N) is 1. The number of aliphatic hydroxyl groups excluding tert-OH is 2. The molecule has 2 saturated heterocycles. The quantitative estimate of drug-likeness (QED) is 0.156. The van der Waals surface area contributed by atoms with Gasteiger partial charge in [-0.25, -0.2) is 4.79 Å². The van der Waals surface area contributed by atoms with Crippen molar-refractivity contribution in [2.45, 2.75) is 180 Å². The normalized spacial score (nSPS) is 39.1. The van der Waals surface area contributed by atoms with Crippen molar-refractivity contribution >= 4 is 29.2 Å². The molecular weight excluding hydrogens is 835 g/mol. The lowest BCUT2D eigenvalue weighted by Crippen LogP contribution is -2.61. The summed E-state index contributed by atoms with van der Waals surface area (Å²) in [5, 5.41) is 33.8. The van der Waals surface area contributed by atoms with E-state index in [-0.39, 0.29) is 54.8 Å². The summed E-state index contributed by atoms with van der Waals surface area (Å²) in [4.78, 5) is 71.8. The van der Waals surface area contributed by atoms with E-state index in [1.54, 1.807) is 41.1 Å². The second-order valence-electron chi connectivity index (χ2n) is 19.6. The summed E-state index contributed by atoms with van der Waals surface area (Å²) in [5.41, 5.74) is 1.27. The number of piperidine rings is 1. The van der Waals surface area contributed by atoms with Crippen molar-refractivity contribution in [2.24, 2.45) is 35.5 Å². The summed E-state index contributed by atoms with van der Waals surface area (Å²) in [5.74, 6) is -7.96. The van der Waals surface area contributed by atoms with Crippen LogP contribution >= 0.6 is 0 Å². The van der Waals surface area contributed by atoms with E-state index in [2.05, 4.69) is 0 Å². The number of carbonyl (C=O) groups is 5. The molecule has 2 bridgehead atoms. The van der Waals surface area contributed by atoms with Crippen molar-refractivity contribution in [1.82, 2.24) is 4.90 Å². The van der Waals surface area contributed by atoms with Gasteiger partial charge in [-0.05, 0) is 107 Å². The predicted octanol–water partition coefficient (Wildman–Crippen LogP) is 6.18. The Bertz CT molecular complexity index is 1760. The molecular formula is C51H79NO13. The number of esters is 1. The van der Waals surface area contributed by atoms with Gasteiger partial charge in [0.05, 0.1) is 24.4 Å². The summed E-state index contributed by atoms with van der Waals surface area (Å²) < 4.78 is 29.4. The minimum absolute atomic E-state index is 0.0193. The lowest BCUT2D eigenvalue weighted by molar-refractivity contribution is -0.265. The van der Waals surface area contributed by atoms with Crippen molar-refractivity contribution in [3.63, 3.8) is 0 Å². The van der Waals surface area contributed by atoms with Gasteiger partial charge in [0.25, 0.3) is 11.7 Å². The standard InChI is InChI=1S/C51H79NO13/c1-30-16-12-11-13-17-31(2)42(61-8)28-38-21-19-36(7)51(60,65-38)48(57)49(58)52-23-15-14-18-39(52)50(59)64-43(33(4)26-37-20-22-40(53)44(27-37)62-9)29-41(54)32(3)25-35(6)46(56)47(63-10)45(55)34(5)24-30/h11-13,16-17,25,30,32-34,36-40,42-44,46-47,53,56,60H,14-15,18-24,26-29H2,1-10H3/b13-11?,16-12+,31-17?,35-25+/t30-,32?,33-,34-,36-,37+,38+,39+,40-,42?,43+,44?,46?,47+,51-/m1/s1. The highest BCUT2D eigenvalue weighted by Crippen LogP contribution is 2.38. The van der Waals surface area contributed by atoms with Crippen LogP contribution in [0.25, 0.3) is 0 Å². The van der Waals surface area contributed by atoms with Gasteiger partial charge in [-0.3, -0.25) is 19.2 Å². The molecule has 3 heterocycles. The molecule has 65 heavy (non-hydrogen) atoms. The Morgan fingerprint density at radius 2 is 1.57 bits per heavy atom. The third-order valence-electron chi connectivity index (χ3n) is 14.5. The van der Waals surface area contributed by atoms with Crippen LogP contribution in [-0.4, -0.2) is 132 Å². The van der Waals surface area contributed by atoms with Crippen molar-refractivity contribution in [2.75, 3.05) is 27.9 Å². The lowest BCUT2D eigenvalue weighted by atomic mass is 9.78. The molecule has 3 N–H and O–H groups in total. The molecule has 1 aliphatic carbocycles. The summed E-state index contributed by atoms with van der Waals surface area (Å²) >= 11 is 0. The molecule has 0 aromatic rings. The minimum atomic E-state index is -2.43. The first-order valence-electron chi connectivity index (χ1n) is 23.9. The van der Waals surface area contributed by atoms with E-state index >= 15 is 0 Å². The van der Waals surface area contributed by atoms with Gasteiger partial charge in [0.1, 0.15) is 30.1 Å². The molecule has 3 aliphatic heterocycles. The lowest BCUT2D eigenvalue weighted by Gasteiger charge is -2.42. The van der Waals surface area contributed by atoms with Crippen molar-refractivity contribution < 1.29 is 63.0 Å². The highest BCUT2D eigenvalue weighted by Gasteiger charge is 2.53. The zero-order chi connectivity index (χ0) is 48.2. The summed E-state index contributed by atoms with van der Waals surface area (Å²) in [6.45, 7) is 12.7. The average Bonchev–Trinajstić information content (AvgIpc) is 3.28. The number of ketones is 3. The fraction of sp³-hybridized carbons (Fsp3) is 0.745. The number of cyclic esters (lactones) is 1. The Kier molecular flexibility index (Phi) is 21.0. The second-order valence-corrected chi connectivity index (χ2v) is 19.6. The van der Waals surface area contributed by atoms with Gasteiger partial charge >= 0.3 is 5.97 Å². The number of rotatable bonds is 6. The van der Waals surface area contributed by atoms with Gasteiger partial charge in [-0.2, -0.15) is 0 Å². The molecule has 14 nitrogen and oxygen atoms in total. The Hall–Kier alpha value is -3.37. The van der Waals surface area contributed by atoms with E-state index in [1.807, 2.05) is 58.1 Å². The molecule has 1 saturated carbocycles. The molecule has 0 aromatic heterocycles. The molecule has 1 amide bonds. The van der Waals surface area contributed by atoms with Gasteiger partial charge in [-0.1, -0.05) is 71.1 Å². The summed E-state index contributed by atoms with van der Waals surface area (Å²) in [7, 11) is 4.52. The Balaban J connectivity index is 1.70. The molecule has 15 atom stereocenters. The molecule has 4 aliphatic rings. The number of methoxy groups -OCH3 is 3. The van der Waals surface area contributed by atoms with Gasteiger partial charge in [0.2, 0.25) is 5.79 Å². The first kappa shape index (κ1) is 54.2. The Labute approximate surface area is 387 Å². The van der Waals surface area contributed by atoms with E-state index in [4.69, 9.17) is 23.7 Å². The van der Waals surface area contributed by atoms with Crippen molar-refractivity contribution in [3.05, 3.63) is 47.6 Å². The van der Waals surface area contributed by atoms with Crippen molar-refractivity contribution in [3.8, 4) is 0 Å². The van der Waals surface area contributed by atoms with E-state index in [0.29, 0.717) is 63.4 Å². The SMILES string of the molecule is COC1C[C@@H]2CC[C@@H](C)[C@@](O)(O2)C(=O)C(=O)N2CCCC[C@H]2C(=O)O[C@H]([C@H](C)C[C@@H]2CC[C@@H](O)C(OC)C2)CC(=O)C(C)/C=C(\C)C(O)[C@@H](OC)C(=O)[C@H](C)C[C@H](C)/C=C/C=CC=C1C. The van der Waals surface area contributed by atoms with Crippen LogP contribution in [0.15, 0.2) is 47.6 Å². The number of fused-ring (bicyclic) bond motifs is 3. The van der Waals surface area contributed by atoms with E-state index in [1.165, 1.54) is 12.0 Å². The fourth-order valence-electron chi connectivity index (χ4n) is 10.1. The number of hydrogen-bond donors (Lipinski definition) is 3. The van der Waals surface area contributed by atoms with Crippen LogP contribution in [-0.2, 0) is 47.7 Å². The monoisotopic (exact) mass is 914 g/mol. The van der Waals surface area contributed by atoms with E-state index in [0.717, 1.165) is 12.0 Å². The summed E-state index contributed by atoms with van der Waals surface area (Å²) in [6, 6.07) is -1.14. The molecule has 4 unspecified atom stereocenters. The smallest absolute Gasteiger partial charge is 0.329 e. The Morgan fingerprint density at radius 1 is 0.846 bits per heavy atom. The molecule has 4 rings (SSSR count). The zero-order valence-corrected chi connectivity index (χ0v) is 40.6. The number of Topliss-reactive ketones (excluding diaryl/α,β-unsaturated/α-hetero) is 3. The molecule has 0 radical (unpaired) electrons. The number of aliphatic hydroxyl groups is 3. The second kappa shape index (κ2) is 25.1. The number of ether oxygens (including phenoxy) is 5. The number of carbonyl (C=O) groups excluding carboxylic acids is 5. The minimum Gasteiger partial charge on any atom is -0.460 e. The van der Waals surface area contributed by atoms with Crippen LogP contribution in [0.2, 0.25) is 0 Å². The zero-order valence-electron chi connectivity index (χ0n) is 40.6. The number of allylic oxidation sites excluding steroid dienone is 6. The average molecular weight is 914 g/mol. The van der Waals surface area contributed by atoms with Crippen LogP contribution in [0, 0.1) is 35.5 Å². The molecule has 3 fully saturated rings. The van der Waals surface area contributed by atoms with Gasteiger partial charge in [-0.15, -0.1) is 0 Å². The van der Waals surface area contributed by atoms with Crippen LogP contribution in [0.1, 0.15) is 126 Å². The van der Waals surface area contributed by atoms with Crippen LogP contribution in [0.5, 0.6) is 0 Å². The van der Waals surface area contributed by atoms with E-state index < -0.39 is 83.9 Å². The van der Waals surface area contributed by atoms with Gasteiger partial charge in [0.15, 0.2) is 5.78 Å². The number of hydrogen-bond acceptors (Lipinski definition) is 13. The summed E-state index contributed by atoms with van der Waals surface area (Å²) in [6.07, 6.45) is 11.2. The molecule has 0 aromatic carbocycles.